The molecule has 0 spiro atoms. The van der Waals surface area contributed by atoms with E-state index in [2.05, 4.69) is 31.1 Å². The van der Waals surface area contributed by atoms with Gasteiger partial charge in [-0.05, 0) is 35.9 Å². The van der Waals surface area contributed by atoms with Crippen molar-refractivity contribution in [3.05, 3.63) is 88.3 Å². The molecule has 0 bridgehead atoms. The maximum Gasteiger partial charge on any atom is 0.226 e. The summed E-state index contributed by atoms with van der Waals surface area (Å²) >= 11 is 3.44. The minimum absolute atomic E-state index is 0.0442. The number of H-pyrrole nitrogens is 1. The molecule has 2 N–H and O–H groups in total. The van der Waals surface area contributed by atoms with E-state index in [9.17, 15) is 14.3 Å². The topological polar surface area (TPSA) is 83.8 Å². The number of aliphatic hydroxyl groups is 1. The molecule has 0 atom stereocenters. The molecule has 2 aromatic carbocycles. The first-order chi connectivity index (χ1) is 13.5. The van der Waals surface area contributed by atoms with Crippen LogP contribution in [0.2, 0.25) is 0 Å². The molecule has 0 aliphatic carbocycles. The van der Waals surface area contributed by atoms with E-state index in [-0.39, 0.29) is 17.4 Å². The number of fused-ring (bicyclic) bond motifs is 1. The molecule has 0 radical (unpaired) electrons. The van der Waals surface area contributed by atoms with E-state index in [0.717, 1.165) is 27.0 Å². The number of allylic oxidation sites excluding steroid dienone is 1. The van der Waals surface area contributed by atoms with Gasteiger partial charge in [-0.25, -0.2) is 9.37 Å². The molecule has 28 heavy (non-hydrogen) atoms. The van der Waals surface area contributed by atoms with Gasteiger partial charge in [0.05, 0.1) is 0 Å². The lowest BCUT2D eigenvalue weighted by Crippen LogP contribution is -1.99. The maximum atomic E-state index is 13.2. The Hall–Kier alpha value is -3.26. The molecule has 2 heterocycles. The number of aromatic nitrogens is 4. The van der Waals surface area contributed by atoms with E-state index in [1.807, 2.05) is 22.8 Å². The lowest BCUT2D eigenvalue weighted by Gasteiger charge is -2.05. The van der Waals surface area contributed by atoms with Gasteiger partial charge in [-0.1, -0.05) is 28.1 Å². The number of hydrogen-bond donors (Lipinski definition) is 2. The Labute approximate surface area is 167 Å². The summed E-state index contributed by atoms with van der Waals surface area (Å²) in [5, 5.41) is 17.5. The minimum Gasteiger partial charge on any atom is -0.507 e. The Morgan fingerprint density at radius 2 is 2.04 bits per heavy atom. The Bertz CT molecular complexity index is 1180. The second-order valence-electron chi connectivity index (χ2n) is 6.19. The van der Waals surface area contributed by atoms with Gasteiger partial charge >= 0.3 is 0 Å². The van der Waals surface area contributed by atoms with Crippen LogP contribution < -0.4 is 0 Å². The van der Waals surface area contributed by atoms with Crippen molar-refractivity contribution >= 4 is 38.4 Å². The first kappa shape index (κ1) is 18.1. The molecule has 4 rings (SSSR count). The van der Waals surface area contributed by atoms with Crippen LogP contribution in [0.5, 0.6) is 0 Å². The zero-order valence-electron chi connectivity index (χ0n) is 14.4. The first-order valence-electron chi connectivity index (χ1n) is 8.35. The third kappa shape index (κ3) is 3.59. The first-order valence-corrected chi connectivity index (χ1v) is 9.14. The molecule has 0 amide bonds. The number of halogens is 2. The van der Waals surface area contributed by atoms with Crippen LogP contribution in [0.25, 0.3) is 16.7 Å². The minimum atomic E-state index is -0.482. The van der Waals surface area contributed by atoms with E-state index in [4.69, 9.17) is 0 Å². The normalized spacial score (nSPS) is 11.9. The predicted molar refractivity (Wildman–Crippen MR) is 106 cm³/mol. The smallest absolute Gasteiger partial charge is 0.226 e. The molecule has 6 nitrogen and oxygen atoms in total. The van der Waals surface area contributed by atoms with Crippen molar-refractivity contribution < 1.29 is 14.3 Å². The van der Waals surface area contributed by atoms with Gasteiger partial charge in [-0.15, -0.1) is 0 Å². The summed E-state index contributed by atoms with van der Waals surface area (Å²) in [7, 11) is 0. The molecule has 0 aliphatic heterocycles. The zero-order chi connectivity index (χ0) is 19.7. The number of carbonyl (C=O) groups excluding carboxylic acids is 1. The van der Waals surface area contributed by atoms with Crippen molar-refractivity contribution in [2.24, 2.45) is 0 Å². The van der Waals surface area contributed by atoms with Gasteiger partial charge in [0.2, 0.25) is 5.78 Å². The summed E-state index contributed by atoms with van der Waals surface area (Å²) in [6, 6.07) is 11.9. The lowest BCUT2D eigenvalue weighted by atomic mass is 10.1. The molecule has 2 aromatic heterocycles. The highest BCUT2D eigenvalue weighted by Gasteiger charge is 2.15. The fourth-order valence-corrected chi connectivity index (χ4v) is 3.35. The molecular formula is C20H14BrFN4O2. The lowest BCUT2D eigenvalue weighted by molar-refractivity contribution is 0.103. The molecule has 4 aromatic rings. The van der Waals surface area contributed by atoms with Gasteiger partial charge in [0.1, 0.15) is 17.9 Å². The summed E-state index contributed by atoms with van der Waals surface area (Å²) < 4.78 is 16.0. The van der Waals surface area contributed by atoms with E-state index in [1.165, 1.54) is 18.5 Å². The van der Waals surface area contributed by atoms with Crippen LogP contribution in [0.15, 0.2) is 65.5 Å². The van der Waals surface area contributed by atoms with Crippen molar-refractivity contribution in [2.75, 3.05) is 0 Å². The molecule has 0 saturated carbocycles. The average Bonchev–Trinajstić information content (AvgIpc) is 3.32. The van der Waals surface area contributed by atoms with Gasteiger partial charge in [-0.3, -0.25) is 9.89 Å². The zero-order valence-corrected chi connectivity index (χ0v) is 16.0. The molecule has 0 saturated heterocycles. The highest BCUT2D eigenvalue weighted by molar-refractivity contribution is 9.10. The summed E-state index contributed by atoms with van der Waals surface area (Å²) in [4.78, 5) is 16.0. The summed E-state index contributed by atoms with van der Waals surface area (Å²) in [6.07, 6.45) is 4.10. The molecule has 0 aliphatic rings. The number of aromatic amines is 1. The van der Waals surface area contributed by atoms with Crippen molar-refractivity contribution in [1.29, 1.82) is 0 Å². The molecule has 0 fully saturated rings. The third-order valence-corrected chi connectivity index (χ3v) is 4.79. The largest absolute Gasteiger partial charge is 0.507 e. The predicted octanol–water partition coefficient (Wildman–Crippen LogP) is 4.49. The molecule has 140 valence electrons. The number of aliphatic hydroxyl groups excluding tert-OH is 1. The van der Waals surface area contributed by atoms with Gasteiger partial charge in [0, 0.05) is 39.8 Å². The monoisotopic (exact) mass is 440 g/mol. The number of nitrogens with one attached hydrogen (secondary N) is 1. The number of nitrogens with zero attached hydrogens (tertiary/aromatic N) is 3. The van der Waals surface area contributed by atoms with Crippen molar-refractivity contribution in [2.45, 2.75) is 6.54 Å². The Morgan fingerprint density at radius 1 is 1.25 bits per heavy atom. The fourth-order valence-electron chi connectivity index (χ4n) is 2.99. The van der Waals surface area contributed by atoms with Gasteiger partial charge in [0.25, 0.3) is 0 Å². The third-order valence-electron chi connectivity index (χ3n) is 4.30. The highest BCUT2D eigenvalue weighted by atomic mass is 79.9. The summed E-state index contributed by atoms with van der Waals surface area (Å²) in [5.41, 5.74) is 2.29. The van der Waals surface area contributed by atoms with E-state index >= 15 is 0 Å². The fraction of sp³-hybridized carbons (Fsp3) is 0.0500. The average molecular weight is 441 g/mol. The second kappa shape index (κ2) is 7.40. The van der Waals surface area contributed by atoms with Gasteiger partial charge in [-0.2, -0.15) is 5.10 Å². The second-order valence-corrected chi connectivity index (χ2v) is 7.10. The Balaban J connectivity index is 1.76. The number of hydrogen-bond acceptors (Lipinski definition) is 4. The summed E-state index contributed by atoms with van der Waals surface area (Å²) in [6.45, 7) is 0.488. The van der Waals surface area contributed by atoms with Crippen molar-refractivity contribution in [3.8, 4) is 0 Å². The van der Waals surface area contributed by atoms with Crippen LogP contribution in [-0.4, -0.2) is 30.6 Å². The van der Waals surface area contributed by atoms with Crippen LogP contribution in [0.1, 0.15) is 21.7 Å². The molecule has 0 unspecified atom stereocenters. The summed E-state index contributed by atoms with van der Waals surface area (Å²) in [5.74, 6) is -0.910. The molecular weight excluding hydrogens is 427 g/mol. The maximum absolute atomic E-state index is 13.2. The van der Waals surface area contributed by atoms with Crippen molar-refractivity contribution in [3.63, 3.8) is 0 Å². The van der Waals surface area contributed by atoms with Crippen LogP contribution in [0.3, 0.4) is 0 Å². The quantitative estimate of drug-likeness (QED) is 0.272. The molecule has 8 heteroatoms. The van der Waals surface area contributed by atoms with Crippen LogP contribution >= 0.6 is 15.9 Å². The number of rotatable bonds is 5. The van der Waals surface area contributed by atoms with Gasteiger partial charge < -0.3 is 9.67 Å². The SMILES string of the molecule is O=C(/C=C(\O)c1cn(Cc2ccc(F)cc2)c2ccc(Br)cc12)c1ncn[nH]1. The Kier molecular flexibility index (Phi) is 4.79. The van der Waals surface area contributed by atoms with Crippen LogP contribution in [0.4, 0.5) is 4.39 Å². The standard InChI is InChI=1S/C20H14BrFN4O2/c21-13-3-6-17-15(7-13)16(18(27)8-19(28)20-23-11-24-25-20)10-26(17)9-12-1-4-14(22)5-2-12/h1-8,10-11,27H,9H2,(H,23,24,25)/b18-8-. The van der Waals surface area contributed by atoms with Crippen LogP contribution in [0, 0.1) is 5.82 Å². The number of benzene rings is 2. The van der Waals surface area contributed by atoms with E-state index < -0.39 is 5.78 Å². The highest BCUT2D eigenvalue weighted by Crippen LogP contribution is 2.29. The van der Waals surface area contributed by atoms with Gasteiger partial charge in [0.15, 0.2) is 5.82 Å². The van der Waals surface area contributed by atoms with E-state index in [0.29, 0.717) is 12.1 Å². The van der Waals surface area contributed by atoms with E-state index in [1.54, 1.807) is 18.3 Å². The van der Waals surface area contributed by atoms with Crippen LogP contribution in [-0.2, 0) is 6.54 Å². The number of carbonyl (C=O) groups is 1. The van der Waals surface area contributed by atoms with Crippen molar-refractivity contribution in [1.82, 2.24) is 19.7 Å². The number of ketones is 1. The Morgan fingerprint density at radius 3 is 2.75 bits per heavy atom.